The van der Waals surface area contributed by atoms with Gasteiger partial charge < -0.3 is 10.1 Å². The van der Waals surface area contributed by atoms with Gasteiger partial charge in [0.15, 0.2) is 5.82 Å². The van der Waals surface area contributed by atoms with Crippen LogP contribution in [0.3, 0.4) is 0 Å². The third kappa shape index (κ3) is 5.03. The number of hydrogen-bond donors (Lipinski definition) is 1. The molecule has 12 heteroatoms. The molecular weight excluding hydrogens is 435 g/mol. The lowest BCUT2D eigenvalue weighted by atomic mass is 10.2. The number of halogens is 6. The quantitative estimate of drug-likeness (QED) is 0.564. The van der Waals surface area contributed by atoms with E-state index in [4.69, 9.17) is 11.6 Å². The second kappa shape index (κ2) is 8.66. The van der Waals surface area contributed by atoms with Gasteiger partial charge in [0.25, 0.3) is 5.56 Å². The molecule has 30 heavy (non-hydrogen) atoms. The van der Waals surface area contributed by atoms with Crippen molar-refractivity contribution in [3.05, 3.63) is 75.3 Å². The third-order valence-electron chi connectivity index (χ3n) is 3.84. The number of benzene rings is 1. The molecule has 0 radical (unpaired) electrons. The summed E-state index contributed by atoms with van der Waals surface area (Å²) in [6.07, 6.45) is -2.75. The Morgan fingerprint density at radius 1 is 1.10 bits per heavy atom. The molecule has 3 rings (SSSR count). The summed E-state index contributed by atoms with van der Waals surface area (Å²) in [5, 5.41) is 6.50. The topological polar surface area (TPSA) is 69.0 Å². The second-order valence-electron chi connectivity index (χ2n) is 5.87. The van der Waals surface area contributed by atoms with Gasteiger partial charge in [0, 0.05) is 12.7 Å². The van der Waals surface area contributed by atoms with Crippen molar-refractivity contribution in [3.8, 4) is 11.6 Å². The van der Waals surface area contributed by atoms with Crippen LogP contribution in [-0.4, -0.2) is 21.4 Å². The van der Waals surface area contributed by atoms with Gasteiger partial charge in [-0.2, -0.15) is 31.7 Å². The Balaban J connectivity index is 1.74. The number of nitrogens with zero attached hydrogens (tertiary/aromatic N) is 3. The maximum atomic E-state index is 12.6. The van der Waals surface area contributed by atoms with E-state index in [1.165, 1.54) is 18.3 Å². The van der Waals surface area contributed by atoms with Crippen molar-refractivity contribution < 1.29 is 26.7 Å². The molecule has 0 spiro atoms. The zero-order valence-corrected chi connectivity index (χ0v) is 15.6. The fourth-order valence-corrected chi connectivity index (χ4v) is 2.58. The van der Waals surface area contributed by atoms with Crippen molar-refractivity contribution in [2.45, 2.75) is 19.3 Å². The Morgan fingerprint density at radius 2 is 1.80 bits per heavy atom. The predicted octanol–water partition coefficient (Wildman–Crippen LogP) is 4.51. The molecule has 0 aliphatic heterocycles. The smallest absolute Gasteiger partial charge is 0.417 e. The van der Waals surface area contributed by atoms with Crippen molar-refractivity contribution in [3.63, 3.8) is 0 Å². The zero-order valence-electron chi connectivity index (χ0n) is 14.8. The van der Waals surface area contributed by atoms with E-state index in [0.717, 1.165) is 16.8 Å². The zero-order chi connectivity index (χ0) is 21.9. The van der Waals surface area contributed by atoms with E-state index in [9.17, 15) is 26.7 Å². The summed E-state index contributed by atoms with van der Waals surface area (Å²) in [5.74, 6) is -0.129. The highest BCUT2D eigenvalue weighted by Crippen LogP contribution is 2.28. The fraction of sp³-hybridized carbons (Fsp3) is 0.167. The van der Waals surface area contributed by atoms with Gasteiger partial charge in [-0.1, -0.05) is 23.7 Å². The number of ether oxygens (including phenoxy) is 1. The average Bonchev–Trinajstić information content (AvgIpc) is 2.69. The first-order valence-corrected chi connectivity index (χ1v) is 8.62. The summed E-state index contributed by atoms with van der Waals surface area (Å²) in [4.78, 5) is 16.0. The molecule has 158 valence electrons. The summed E-state index contributed by atoms with van der Waals surface area (Å²) in [6, 6.07) is 7.58. The Hall–Kier alpha value is -3.21. The Morgan fingerprint density at radius 3 is 2.37 bits per heavy atom. The van der Waals surface area contributed by atoms with Crippen molar-refractivity contribution in [1.29, 1.82) is 0 Å². The lowest BCUT2D eigenvalue weighted by molar-refractivity contribution is -0.137. The van der Waals surface area contributed by atoms with E-state index >= 15 is 0 Å². The van der Waals surface area contributed by atoms with Gasteiger partial charge in [-0.15, -0.1) is 0 Å². The SMILES string of the molecule is O=c1c(Cl)c(NCc2ccc(OC(F)F)cc2)cnn1-c1ccc(C(F)(F)F)cn1. The number of nitrogens with one attached hydrogen (secondary N) is 1. The van der Waals surface area contributed by atoms with Gasteiger partial charge in [0.2, 0.25) is 0 Å². The van der Waals surface area contributed by atoms with E-state index in [0.29, 0.717) is 11.8 Å². The first-order valence-electron chi connectivity index (χ1n) is 8.24. The van der Waals surface area contributed by atoms with E-state index in [-0.39, 0.29) is 28.8 Å². The normalized spacial score (nSPS) is 11.6. The first kappa shape index (κ1) is 21.5. The van der Waals surface area contributed by atoms with Gasteiger partial charge in [-0.25, -0.2) is 4.98 Å². The molecule has 0 amide bonds. The summed E-state index contributed by atoms with van der Waals surface area (Å²) < 4.78 is 67.2. The minimum atomic E-state index is -4.56. The van der Waals surface area contributed by atoms with Crippen molar-refractivity contribution in [2.75, 3.05) is 5.32 Å². The molecule has 2 heterocycles. The Bertz CT molecular complexity index is 1070. The molecule has 0 aliphatic rings. The van der Waals surface area contributed by atoms with E-state index in [1.54, 1.807) is 12.1 Å². The number of anilines is 1. The van der Waals surface area contributed by atoms with Gasteiger partial charge in [-0.05, 0) is 29.8 Å². The maximum absolute atomic E-state index is 12.6. The van der Waals surface area contributed by atoms with Crippen LogP contribution in [-0.2, 0) is 12.7 Å². The van der Waals surface area contributed by atoms with Crippen molar-refractivity contribution >= 4 is 17.3 Å². The molecule has 0 saturated heterocycles. The number of alkyl halides is 5. The molecule has 0 fully saturated rings. The number of aromatic nitrogens is 3. The Labute approximate surface area is 170 Å². The minimum absolute atomic E-state index is 0.0000815. The lowest BCUT2D eigenvalue weighted by Crippen LogP contribution is -2.23. The molecule has 0 atom stereocenters. The van der Waals surface area contributed by atoms with Gasteiger partial charge in [0.1, 0.15) is 10.8 Å². The van der Waals surface area contributed by atoms with Crippen LogP contribution in [0.2, 0.25) is 5.02 Å². The van der Waals surface area contributed by atoms with Crippen molar-refractivity contribution in [1.82, 2.24) is 14.8 Å². The highest BCUT2D eigenvalue weighted by atomic mass is 35.5. The van der Waals surface area contributed by atoms with Gasteiger partial charge >= 0.3 is 12.8 Å². The molecule has 6 nitrogen and oxygen atoms in total. The number of pyridine rings is 1. The van der Waals surface area contributed by atoms with Crippen LogP contribution in [0.15, 0.2) is 53.6 Å². The summed E-state index contributed by atoms with van der Waals surface area (Å²) in [7, 11) is 0. The molecule has 1 aromatic carbocycles. The molecule has 3 aromatic rings. The van der Waals surface area contributed by atoms with Crippen LogP contribution in [0.25, 0.3) is 5.82 Å². The van der Waals surface area contributed by atoms with Crippen LogP contribution >= 0.6 is 11.6 Å². The standard InChI is InChI=1S/C18H12ClF5N4O2/c19-15-13(25-7-10-1-4-12(5-2-10)30-17(20)21)9-27-28(16(15)29)14-6-3-11(8-26-14)18(22,23)24/h1-6,8-9,17,25H,7H2. The molecule has 0 saturated carbocycles. The Kier molecular flexibility index (Phi) is 6.20. The third-order valence-corrected chi connectivity index (χ3v) is 4.21. The van der Waals surface area contributed by atoms with Crippen LogP contribution in [0.1, 0.15) is 11.1 Å². The predicted molar refractivity (Wildman–Crippen MR) is 98.0 cm³/mol. The maximum Gasteiger partial charge on any atom is 0.417 e. The molecule has 0 unspecified atom stereocenters. The highest BCUT2D eigenvalue weighted by Gasteiger charge is 2.30. The molecule has 0 bridgehead atoms. The number of rotatable bonds is 6. The average molecular weight is 447 g/mol. The largest absolute Gasteiger partial charge is 0.435 e. The minimum Gasteiger partial charge on any atom is -0.435 e. The van der Waals surface area contributed by atoms with E-state index in [2.05, 4.69) is 20.1 Å². The van der Waals surface area contributed by atoms with Crippen LogP contribution in [0.4, 0.5) is 27.6 Å². The highest BCUT2D eigenvalue weighted by molar-refractivity contribution is 6.32. The van der Waals surface area contributed by atoms with Crippen LogP contribution in [0, 0.1) is 0 Å². The van der Waals surface area contributed by atoms with E-state index in [1.807, 2.05) is 0 Å². The molecular formula is C18H12ClF5N4O2. The van der Waals surface area contributed by atoms with Gasteiger partial charge in [0.05, 0.1) is 17.4 Å². The molecule has 1 N–H and O–H groups in total. The van der Waals surface area contributed by atoms with Crippen LogP contribution < -0.4 is 15.6 Å². The summed E-state index contributed by atoms with van der Waals surface area (Å²) in [5.41, 5.74) is -0.887. The van der Waals surface area contributed by atoms with Crippen molar-refractivity contribution in [2.24, 2.45) is 0 Å². The fourth-order valence-electron chi connectivity index (χ4n) is 2.38. The monoisotopic (exact) mass is 446 g/mol. The van der Waals surface area contributed by atoms with Crippen LogP contribution in [0.5, 0.6) is 5.75 Å². The number of hydrogen-bond acceptors (Lipinski definition) is 5. The summed E-state index contributed by atoms with van der Waals surface area (Å²) in [6.45, 7) is -2.73. The first-order chi connectivity index (χ1) is 14.1. The molecule has 2 aromatic heterocycles. The molecule has 0 aliphatic carbocycles. The van der Waals surface area contributed by atoms with Gasteiger partial charge in [-0.3, -0.25) is 4.79 Å². The second-order valence-corrected chi connectivity index (χ2v) is 6.25. The summed E-state index contributed by atoms with van der Waals surface area (Å²) >= 11 is 6.05. The van der Waals surface area contributed by atoms with E-state index < -0.39 is 23.9 Å². The lowest BCUT2D eigenvalue weighted by Gasteiger charge is -2.11.